The van der Waals surface area contributed by atoms with Crippen LogP contribution in [0.15, 0.2) is 36.5 Å². The maximum Gasteiger partial charge on any atom is 0.233 e. The number of benzene rings is 1. The second kappa shape index (κ2) is 8.80. The van der Waals surface area contributed by atoms with Crippen molar-refractivity contribution in [2.45, 2.75) is 19.0 Å². The van der Waals surface area contributed by atoms with Crippen molar-refractivity contribution in [2.24, 2.45) is 0 Å². The minimum atomic E-state index is -0.215. The van der Waals surface area contributed by atoms with Crippen molar-refractivity contribution in [3.8, 4) is 11.9 Å². The molecule has 0 bridgehead atoms. The monoisotopic (exact) mass is 370 g/mol. The molecule has 1 atom stereocenters. The van der Waals surface area contributed by atoms with Gasteiger partial charge in [0, 0.05) is 50.6 Å². The summed E-state index contributed by atoms with van der Waals surface area (Å²) >= 11 is 0. The second-order valence-corrected chi connectivity index (χ2v) is 6.50. The van der Waals surface area contributed by atoms with E-state index in [0.717, 1.165) is 5.69 Å². The summed E-state index contributed by atoms with van der Waals surface area (Å²) < 4.78 is 19.2. The first-order chi connectivity index (χ1) is 13.2. The molecule has 2 aromatic rings. The van der Waals surface area contributed by atoms with Crippen molar-refractivity contribution in [2.75, 3.05) is 38.3 Å². The zero-order valence-corrected chi connectivity index (χ0v) is 15.3. The van der Waals surface area contributed by atoms with Crippen molar-refractivity contribution in [1.82, 2.24) is 9.88 Å². The molecule has 1 aliphatic heterocycles. The zero-order chi connectivity index (χ0) is 19.2. The van der Waals surface area contributed by atoms with Gasteiger partial charge >= 0.3 is 0 Å². The average Bonchev–Trinajstić information content (AvgIpc) is 2.70. The van der Waals surface area contributed by atoms with Gasteiger partial charge in [-0.2, -0.15) is 5.26 Å². The minimum Gasteiger partial charge on any atom is -0.480 e. The van der Waals surface area contributed by atoms with E-state index in [2.05, 4.69) is 20.9 Å². The van der Waals surface area contributed by atoms with Crippen molar-refractivity contribution < 1.29 is 14.2 Å². The summed E-state index contributed by atoms with van der Waals surface area (Å²) in [4.78, 5) is 8.40. The molecule has 7 heteroatoms. The van der Waals surface area contributed by atoms with Crippen molar-refractivity contribution in [3.63, 3.8) is 0 Å². The highest BCUT2D eigenvalue weighted by atomic mass is 19.1. The van der Waals surface area contributed by atoms with Gasteiger partial charge in [-0.15, -0.1) is 0 Å². The Morgan fingerprint density at radius 2 is 2.15 bits per heavy atom. The van der Waals surface area contributed by atoms with Crippen molar-refractivity contribution >= 4 is 5.69 Å². The number of aliphatic hydroxyl groups is 1. The van der Waals surface area contributed by atoms with E-state index in [1.165, 1.54) is 13.2 Å². The van der Waals surface area contributed by atoms with Crippen LogP contribution in [0.2, 0.25) is 0 Å². The molecule has 1 fully saturated rings. The Labute approximate surface area is 158 Å². The highest BCUT2D eigenvalue weighted by molar-refractivity contribution is 5.63. The zero-order valence-electron chi connectivity index (χ0n) is 15.3. The molecule has 2 heterocycles. The molecular weight excluding hydrogens is 347 g/mol. The summed E-state index contributed by atoms with van der Waals surface area (Å²) in [7, 11) is 1.49. The number of aliphatic hydroxyl groups excluding tert-OH is 1. The third-order valence-electron chi connectivity index (χ3n) is 4.94. The molecule has 0 unspecified atom stereocenters. The largest absolute Gasteiger partial charge is 0.480 e. The molecule has 0 saturated carbocycles. The summed E-state index contributed by atoms with van der Waals surface area (Å²) in [6, 6.07) is 10.8. The average molecular weight is 370 g/mol. The van der Waals surface area contributed by atoms with E-state index in [0.29, 0.717) is 49.6 Å². The Morgan fingerprint density at radius 3 is 2.85 bits per heavy atom. The number of anilines is 1. The number of aromatic nitrogens is 1. The van der Waals surface area contributed by atoms with Gasteiger partial charge in [0.05, 0.1) is 12.8 Å². The van der Waals surface area contributed by atoms with Gasteiger partial charge in [-0.25, -0.2) is 9.37 Å². The van der Waals surface area contributed by atoms with Crippen molar-refractivity contribution in [3.05, 3.63) is 53.5 Å². The molecule has 0 aliphatic carbocycles. The van der Waals surface area contributed by atoms with Crippen LogP contribution in [-0.2, 0) is 6.54 Å². The quantitative estimate of drug-likeness (QED) is 0.840. The lowest BCUT2D eigenvalue weighted by atomic mass is 10.1. The van der Waals surface area contributed by atoms with E-state index in [1.54, 1.807) is 18.3 Å². The molecule has 27 heavy (non-hydrogen) atoms. The van der Waals surface area contributed by atoms with E-state index in [4.69, 9.17) is 4.74 Å². The van der Waals surface area contributed by atoms with Crippen LogP contribution in [0.4, 0.5) is 10.1 Å². The molecule has 0 spiro atoms. The Kier molecular flexibility index (Phi) is 6.22. The molecule has 3 rings (SSSR count). The lowest BCUT2D eigenvalue weighted by Gasteiger charge is -2.42. The fraction of sp³-hybridized carbons (Fsp3) is 0.400. The summed E-state index contributed by atoms with van der Waals surface area (Å²) in [6.45, 7) is 2.58. The summed E-state index contributed by atoms with van der Waals surface area (Å²) in [5.74, 6) is 0.0933. The first kappa shape index (κ1) is 19.1. The highest BCUT2D eigenvalue weighted by Gasteiger charge is 2.29. The maximum atomic E-state index is 14.0. The number of hydrogen-bond donors (Lipinski definition) is 1. The molecule has 6 nitrogen and oxygen atoms in total. The molecular formula is C20H23FN4O2. The lowest BCUT2D eigenvalue weighted by Crippen LogP contribution is -2.53. The van der Waals surface area contributed by atoms with E-state index in [-0.39, 0.29) is 18.5 Å². The topological polar surface area (TPSA) is 72.6 Å². The maximum absolute atomic E-state index is 14.0. The summed E-state index contributed by atoms with van der Waals surface area (Å²) in [5, 5.41) is 19.0. The van der Waals surface area contributed by atoms with Gasteiger partial charge < -0.3 is 14.7 Å². The number of pyridine rings is 1. The van der Waals surface area contributed by atoms with Gasteiger partial charge in [-0.1, -0.05) is 18.2 Å². The predicted molar refractivity (Wildman–Crippen MR) is 100 cm³/mol. The molecule has 1 N–H and O–H groups in total. The van der Waals surface area contributed by atoms with Gasteiger partial charge in [0.15, 0.2) is 0 Å². The van der Waals surface area contributed by atoms with E-state index >= 15 is 0 Å². The molecule has 1 aromatic carbocycles. The fourth-order valence-electron chi connectivity index (χ4n) is 3.54. The summed E-state index contributed by atoms with van der Waals surface area (Å²) in [6.07, 6.45) is 2.21. The van der Waals surface area contributed by atoms with Crippen LogP contribution in [0, 0.1) is 17.1 Å². The molecule has 0 amide bonds. The second-order valence-electron chi connectivity index (χ2n) is 6.50. The minimum absolute atomic E-state index is 0.0501. The molecule has 142 valence electrons. The van der Waals surface area contributed by atoms with E-state index < -0.39 is 0 Å². The van der Waals surface area contributed by atoms with Gasteiger partial charge in [0.1, 0.15) is 17.4 Å². The smallest absolute Gasteiger partial charge is 0.233 e. The summed E-state index contributed by atoms with van der Waals surface area (Å²) in [5.41, 5.74) is 1.83. The number of ether oxygens (including phenoxy) is 1. The van der Waals surface area contributed by atoms with E-state index in [9.17, 15) is 14.8 Å². The molecule has 1 saturated heterocycles. The van der Waals surface area contributed by atoms with Crippen LogP contribution in [0.5, 0.6) is 5.88 Å². The van der Waals surface area contributed by atoms with Crippen LogP contribution >= 0.6 is 0 Å². The molecule has 1 aliphatic rings. The van der Waals surface area contributed by atoms with Crippen LogP contribution in [0.25, 0.3) is 0 Å². The van der Waals surface area contributed by atoms with Gasteiger partial charge in [0.25, 0.3) is 0 Å². The van der Waals surface area contributed by atoms with Crippen molar-refractivity contribution in [1.29, 1.82) is 5.26 Å². The van der Waals surface area contributed by atoms with Gasteiger partial charge in [-0.05, 0) is 18.6 Å². The van der Waals surface area contributed by atoms with E-state index in [1.807, 2.05) is 12.1 Å². The SMILES string of the molecule is COc1nccc(N2CCN(Cc3ccccc3F)[C@@H](CCO)C2)c1C#N. The van der Waals surface area contributed by atoms with Gasteiger partial charge in [0.2, 0.25) is 5.88 Å². The Hall–Kier alpha value is -2.69. The van der Waals surface area contributed by atoms with Crippen LogP contribution < -0.4 is 9.64 Å². The molecule has 1 aromatic heterocycles. The Balaban J connectivity index is 1.80. The Bertz CT molecular complexity index is 824. The fourth-order valence-corrected chi connectivity index (χ4v) is 3.54. The third kappa shape index (κ3) is 4.18. The Morgan fingerprint density at radius 1 is 1.33 bits per heavy atom. The number of methoxy groups -OCH3 is 1. The first-order valence-electron chi connectivity index (χ1n) is 8.94. The number of nitriles is 1. The van der Waals surface area contributed by atoms with Crippen LogP contribution in [-0.4, -0.2) is 54.4 Å². The number of rotatable bonds is 6. The normalized spacial score (nSPS) is 17.6. The number of halogens is 1. The number of hydrogen-bond acceptors (Lipinski definition) is 6. The highest BCUT2D eigenvalue weighted by Crippen LogP contribution is 2.29. The van der Waals surface area contributed by atoms with Crippen LogP contribution in [0.1, 0.15) is 17.5 Å². The first-order valence-corrected chi connectivity index (χ1v) is 8.94. The predicted octanol–water partition coefficient (Wildman–Crippen LogP) is 2.17. The van der Waals surface area contributed by atoms with Crippen LogP contribution in [0.3, 0.4) is 0 Å². The lowest BCUT2D eigenvalue weighted by molar-refractivity contribution is 0.134. The molecule has 0 radical (unpaired) electrons. The number of nitrogens with zero attached hydrogens (tertiary/aromatic N) is 4. The standard InChI is InChI=1S/C20H23FN4O2/c1-27-20-17(12-22)19(6-8-23-20)25-10-9-24(16(14-25)7-11-26)13-15-4-2-3-5-18(15)21/h2-6,8,16,26H,7,9-11,13-14H2,1H3/t16-/m0/s1. The van der Waals surface area contributed by atoms with Gasteiger partial charge in [-0.3, -0.25) is 4.90 Å². The number of piperazine rings is 1. The third-order valence-corrected chi connectivity index (χ3v) is 4.94.